The van der Waals surface area contributed by atoms with Gasteiger partial charge in [0.05, 0.1) is 5.69 Å². The molecule has 0 radical (unpaired) electrons. The molecule has 0 spiro atoms. The summed E-state index contributed by atoms with van der Waals surface area (Å²) < 4.78 is 0. The average Bonchev–Trinajstić information content (AvgIpc) is 2.87. The molecular formula is C14H16N2OS2. The number of carbonyl (C=O) groups is 1. The minimum absolute atomic E-state index is 0.111. The Morgan fingerprint density at radius 3 is 2.84 bits per heavy atom. The fourth-order valence-corrected chi connectivity index (χ4v) is 2.87. The molecule has 1 aromatic carbocycles. The molecule has 19 heavy (non-hydrogen) atoms. The molecule has 0 aliphatic rings. The van der Waals surface area contributed by atoms with Crippen molar-refractivity contribution >= 4 is 34.1 Å². The van der Waals surface area contributed by atoms with E-state index in [1.165, 1.54) is 11.3 Å². The highest BCUT2D eigenvalue weighted by molar-refractivity contribution is 7.98. The third kappa shape index (κ3) is 3.58. The number of nitrogens with zero attached hydrogens (tertiary/aromatic N) is 1. The lowest BCUT2D eigenvalue weighted by molar-refractivity contribution is 0.102. The third-order valence-corrected chi connectivity index (χ3v) is 4.17. The summed E-state index contributed by atoms with van der Waals surface area (Å²) in [5, 5.41) is 5.48. The maximum absolute atomic E-state index is 12.1. The lowest BCUT2D eigenvalue weighted by atomic mass is 10.2. The molecule has 0 saturated heterocycles. The van der Waals surface area contributed by atoms with Gasteiger partial charge in [-0.15, -0.1) is 23.1 Å². The van der Waals surface area contributed by atoms with E-state index in [0.717, 1.165) is 10.6 Å². The minimum Gasteiger partial charge on any atom is -0.298 e. The van der Waals surface area contributed by atoms with Crippen molar-refractivity contribution in [2.24, 2.45) is 0 Å². The highest BCUT2D eigenvalue weighted by atomic mass is 32.2. The lowest BCUT2D eigenvalue weighted by Crippen LogP contribution is -2.11. The van der Waals surface area contributed by atoms with Crippen molar-refractivity contribution in [3.05, 3.63) is 40.9 Å². The summed E-state index contributed by atoms with van der Waals surface area (Å²) in [6.07, 6.45) is 1.99. The summed E-state index contributed by atoms with van der Waals surface area (Å²) in [6, 6.07) is 7.58. The van der Waals surface area contributed by atoms with Crippen molar-refractivity contribution in [1.82, 2.24) is 4.98 Å². The Kier molecular flexibility index (Phi) is 4.61. The second-order valence-corrected chi connectivity index (χ2v) is 6.16. The summed E-state index contributed by atoms with van der Waals surface area (Å²) in [5.74, 6) is 0.266. The van der Waals surface area contributed by atoms with Crippen molar-refractivity contribution in [2.45, 2.75) is 24.7 Å². The molecule has 1 heterocycles. The lowest BCUT2D eigenvalue weighted by Gasteiger charge is -2.03. The van der Waals surface area contributed by atoms with Gasteiger partial charge in [-0.1, -0.05) is 19.9 Å². The molecule has 100 valence electrons. The van der Waals surface area contributed by atoms with Crippen molar-refractivity contribution in [3.8, 4) is 0 Å². The standard InChI is InChI=1S/C14H16N2OS2/c1-9(2)12-8-19-14(15-12)16-13(17)10-5-4-6-11(7-10)18-3/h4-9H,1-3H3,(H,15,16,17). The van der Waals surface area contributed by atoms with Crippen LogP contribution in [0, 0.1) is 0 Å². The van der Waals surface area contributed by atoms with Crippen LogP contribution in [0.2, 0.25) is 0 Å². The van der Waals surface area contributed by atoms with Gasteiger partial charge in [0.25, 0.3) is 5.91 Å². The number of hydrogen-bond acceptors (Lipinski definition) is 4. The van der Waals surface area contributed by atoms with Gasteiger partial charge in [-0.05, 0) is 30.4 Å². The summed E-state index contributed by atoms with van der Waals surface area (Å²) in [7, 11) is 0. The Hall–Kier alpha value is -1.33. The number of rotatable bonds is 4. The summed E-state index contributed by atoms with van der Waals surface area (Å²) >= 11 is 3.08. The number of amides is 1. The van der Waals surface area contributed by atoms with Crippen molar-refractivity contribution in [1.29, 1.82) is 0 Å². The quantitative estimate of drug-likeness (QED) is 0.857. The molecule has 0 bridgehead atoms. The predicted octanol–water partition coefficient (Wildman–Crippen LogP) is 4.24. The Bertz CT molecular complexity index is 578. The third-order valence-electron chi connectivity index (χ3n) is 2.67. The van der Waals surface area contributed by atoms with Crippen LogP contribution in [0.4, 0.5) is 5.13 Å². The normalized spacial score (nSPS) is 10.7. The summed E-state index contributed by atoms with van der Waals surface area (Å²) in [6.45, 7) is 4.17. The zero-order chi connectivity index (χ0) is 13.8. The number of hydrogen-bond donors (Lipinski definition) is 1. The highest BCUT2D eigenvalue weighted by Crippen LogP contribution is 2.22. The zero-order valence-corrected chi connectivity index (χ0v) is 12.8. The molecule has 5 heteroatoms. The molecule has 0 atom stereocenters. The molecule has 1 amide bonds. The first-order valence-corrected chi connectivity index (χ1v) is 8.11. The van der Waals surface area contributed by atoms with E-state index in [1.807, 2.05) is 35.9 Å². The van der Waals surface area contributed by atoms with Crippen LogP contribution >= 0.6 is 23.1 Å². The molecule has 0 unspecified atom stereocenters. The molecule has 2 rings (SSSR count). The maximum atomic E-state index is 12.1. The molecule has 1 aromatic heterocycles. The fourth-order valence-electron chi connectivity index (χ4n) is 1.54. The van der Waals surface area contributed by atoms with Gasteiger partial charge in [0.15, 0.2) is 5.13 Å². The van der Waals surface area contributed by atoms with Crippen LogP contribution < -0.4 is 5.32 Å². The monoisotopic (exact) mass is 292 g/mol. The van der Waals surface area contributed by atoms with Gasteiger partial charge in [0.2, 0.25) is 0 Å². The van der Waals surface area contributed by atoms with E-state index in [9.17, 15) is 4.79 Å². The Balaban J connectivity index is 2.11. The van der Waals surface area contributed by atoms with E-state index in [2.05, 4.69) is 24.1 Å². The van der Waals surface area contributed by atoms with Crippen LogP contribution in [-0.2, 0) is 0 Å². The number of carbonyl (C=O) groups excluding carboxylic acids is 1. The molecule has 0 aliphatic carbocycles. The minimum atomic E-state index is -0.111. The number of anilines is 1. The van der Waals surface area contributed by atoms with Gasteiger partial charge in [-0.25, -0.2) is 4.98 Å². The highest BCUT2D eigenvalue weighted by Gasteiger charge is 2.10. The van der Waals surface area contributed by atoms with Gasteiger partial charge >= 0.3 is 0 Å². The van der Waals surface area contributed by atoms with E-state index < -0.39 is 0 Å². The molecule has 0 aliphatic heterocycles. The van der Waals surface area contributed by atoms with Crippen LogP contribution in [0.5, 0.6) is 0 Å². The van der Waals surface area contributed by atoms with E-state index in [-0.39, 0.29) is 5.91 Å². The first-order valence-electron chi connectivity index (χ1n) is 6.01. The maximum Gasteiger partial charge on any atom is 0.257 e. The summed E-state index contributed by atoms with van der Waals surface area (Å²) in [4.78, 5) is 17.6. The second kappa shape index (κ2) is 6.21. The van der Waals surface area contributed by atoms with Crippen molar-refractivity contribution in [2.75, 3.05) is 11.6 Å². The number of aromatic nitrogens is 1. The SMILES string of the molecule is CSc1cccc(C(=O)Nc2nc(C(C)C)cs2)c1. The second-order valence-electron chi connectivity index (χ2n) is 4.42. The molecule has 2 aromatic rings. The number of thioether (sulfide) groups is 1. The van der Waals surface area contributed by atoms with Crippen LogP contribution in [0.3, 0.4) is 0 Å². The molecule has 0 fully saturated rings. The van der Waals surface area contributed by atoms with Crippen LogP contribution in [-0.4, -0.2) is 17.1 Å². The smallest absolute Gasteiger partial charge is 0.257 e. The van der Waals surface area contributed by atoms with Crippen molar-refractivity contribution in [3.63, 3.8) is 0 Å². The number of benzene rings is 1. The van der Waals surface area contributed by atoms with E-state index in [0.29, 0.717) is 16.6 Å². The van der Waals surface area contributed by atoms with Gasteiger partial charge < -0.3 is 0 Å². The molecular weight excluding hydrogens is 276 g/mol. The number of nitrogens with one attached hydrogen (secondary N) is 1. The van der Waals surface area contributed by atoms with Gasteiger partial charge in [0.1, 0.15) is 0 Å². The van der Waals surface area contributed by atoms with Gasteiger partial charge in [-0.3, -0.25) is 10.1 Å². The Labute approximate surface area is 121 Å². The van der Waals surface area contributed by atoms with Crippen LogP contribution in [0.1, 0.15) is 35.8 Å². The average molecular weight is 292 g/mol. The van der Waals surface area contributed by atoms with E-state index >= 15 is 0 Å². The zero-order valence-electron chi connectivity index (χ0n) is 11.1. The van der Waals surface area contributed by atoms with Gasteiger partial charge in [-0.2, -0.15) is 0 Å². The fraction of sp³-hybridized carbons (Fsp3) is 0.286. The molecule has 0 saturated carbocycles. The first-order chi connectivity index (χ1) is 9.10. The molecule has 3 nitrogen and oxygen atoms in total. The van der Waals surface area contributed by atoms with E-state index in [1.54, 1.807) is 11.8 Å². The van der Waals surface area contributed by atoms with Crippen LogP contribution in [0.25, 0.3) is 0 Å². The predicted molar refractivity (Wildman–Crippen MR) is 82.4 cm³/mol. The summed E-state index contributed by atoms with van der Waals surface area (Å²) in [5.41, 5.74) is 1.67. The number of thiazole rings is 1. The Morgan fingerprint density at radius 2 is 2.21 bits per heavy atom. The van der Waals surface area contributed by atoms with E-state index in [4.69, 9.17) is 0 Å². The van der Waals surface area contributed by atoms with Gasteiger partial charge in [0, 0.05) is 15.8 Å². The first kappa shape index (κ1) is 14.1. The largest absolute Gasteiger partial charge is 0.298 e. The molecule has 1 N–H and O–H groups in total. The Morgan fingerprint density at radius 1 is 1.42 bits per heavy atom. The van der Waals surface area contributed by atoms with Crippen molar-refractivity contribution < 1.29 is 4.79 Å². The topological polar surface area (TPSA) is 42.0 Å². The van der Waals surface area contributed by atoms with Crippen LogP contribution in [0.15, 0.2) is 34.5 Å².